The molecule has 0 spiro atoms. The minimum Gasteiger partial charge on any atom is -0.444 e. The van der Waals surface area contributed by atoms with Crippen LogP contribution in [0.15, 0.2) is 59.5 Å². The molecule has 2 heterocycles. The molecule has 8 heteroatoms. The molecule has 2 aromatic rings. The number of rotatable bonds is 7. The van der Waals surface area contributed by atoms with Gasteiger partial charge in [0.05, 0.1) is 11.4 Å². The molecule has 7 nitrogen and oxygen atoms in total. The third kappa shape index (κ3) is 3.61. The predicted molar refractivity (Wildman–Crippen MR) is 119 cm³/mol. The molecule has 5 rings (SSSR count). The van der Waals surface area contributed by atoms with E-state index in [4.69, 9.17) is 4.74 Å². The summed E-state index contributed by atoms with van der Waals surface area (Å²) in [4.78, 5) is 25.4. The van der Waals surface area contributed by atoms with Gasteiger partial charge in [-0.15, -0.1) is 0 Å². The Bertz CT molecular complexity index is 1150. The van der Waals surface area contributed by atoms with Crippen LogP contribution < -0.4 is 4.90 Å². The zero-order chi connectivity index (χ0) is 22.5. The molecule has 2 unspecified atom stereocenters. The summed E-state index contributed by atoms with van der Waals surface area (Å²) in [6, 6.07) is 16.4. The number of piperidine rings is 1. The third-order valence-corrected chi connectivity index (χ3v) is 8.77. The van der Waals surface area contributed by atoms with Crippen LogP contribution in [0.5, 0.6) is 0 Å². The fourth-order valence-corrected chi connectivity index (χ4v) is 6.60. The highest BCUT2D eigenvalue weighted by Crippen LogP contribution is 2.59. The standard InChI is InChI=1S/C24H26N2O5S/c1-17(27)7-12-21-15-26(23(28)31-21)20-10-8-18(9-11-20)24-13-19(24)14-25(16-24)32(29,30)22-5-3-2-4-6-22/h2-6,8-11,19,21H,7,12-16H2,1H3/t19?,21-,24?/m0/s1. The number of hydrogen-bond acceptors (Lipinski definition) is 5. The van der Waals surface area contributed by atoms with Crippen LogP contribution in [-0.2, 0) is 25.0 Å². The van der Waals surface area contributed by atoms with Gasteiger partial charge in [0.25, 0.3) is 0 Å². The van der Waals surface area contributed by atoms with E-state index in [0.717, 1.165) is 17.7 Å². The molecule has 2 saturated heterocycles. The van der Waals surface area contributed by atoms with Gasteiger partial charge in [-0.1, -0.05) is 30.3 Å². The molecule has 2 aromatic carbocycles. The molecule has 0 N–H and O–H groups in total. The first-order valence-corrected chi connectivity index (χ1v) is 12.4. The molecule has 3 atom stereocenters. The topological polar surface area (TPSA) is 84.0 Å². The number of benzene rings is 2. The van der Waals surface area contributed by atoms with Gasteiger partial charge in [0.2, 0.25) is 10.0 Å². The third-order valence-electron chi connectivity index (χ3n) is 6.94. The first kappa shape index (κ1) is 21.2. The molecule has 168 valence electrons. The number of cyclic esters (lactones) is 1. The highest BCUT2D eigenvalue weighted by Gasteiger charge is 2.62. The van der Waals surface area contributed by atoms with Gasteiger partial charge in [0.15, 0.2) is 0 Å². The van der Waals surface area contributed by atoms with Crippen LogP contribution in [0, 0.1) is 5.92 Å². The summed E-state index contributed by atoms with van der Waals surface area (Å²) in [5.41, 5.74) is 1.72. The number of anilines is 1. The molecule has 3 fully saturated rings. The summed E-state index contributed by atoms with van der Waals surface area (Å²) >= 11 is 0. The number of ether oxygens (including phenoxy) is 1. The number of Topliss-reactive ketones (excluding diaryl/α,β-unsaturated/α-hetero) is 1. The summed E-state index contributed by atoms with van der Waals surface area (Å²) in [6.07, 6.45) is 1.24. The summed E-state index contributed by atoms with van der Waals surface area (Å²) in [6.45, 7) is 2.98. The number of ketones is 1. The van der Waals surface area contributed by atoms with E-state index in [2.05, 4.69) is 0 Å². The van der Waals surface area contributed by atoms with Crippen LogP contribution in [0.4, 0.5) is 10.5 Å². The van der Waals surface area contributed by atoms with Crippen molar-refractivity contribution in [1.82, 2.24) is 4.31 Å². The van der Waals surface area contributed by atoms with Gasteiger partial charge in [0.1, 0.15) is 11.9 Å². The maximum Gasteiger partial charge on any atom is 0.414 e. The Morgan fingerprint density at radius 1 is 1.09 bits per heavy atom. The van der Waals surface area contributed by atoms with Crippen molar-refractivity contribution in [2.24, 2.45) is 5.92 Å². The van der Waals surface area contributed by atoms with E-state index in [1.54, 1.807) is 33.5 Å². The Morgan fingerprint density at radius 2 is 1.81 bits per heavy atom. The van der Waals surface area contributed by atoms with Crippen molar-refractivity contribution in [2.45, 2.75) is 42.6 Å². The molecular weight excluding hydrogens is 428 g/mol. The molecule has 0 radical (unpaired) electrons. The smallest absolute Gasteiger partial charge is 0.414 e. The van der Waals surface area contributed by atoms with Gasteiger partial charge in [0, 0.05) is 30.6 Å². The van der Waals surface area contributed by atoms with Crippen molar-refractivity contribution in [1.29, 1.82) is 0 Å². The van der Waals surface area contributed by atoms with Crippen molar-refractivity contribution >= 4 is 27.6 Å². The molecule has 1 saturated carbocycles. The molecule has 1 amide bonds. The lowest BCUT2D eigenvalue weighted by atomic mass is 9.95. The molecule has 0 aromatic heterocycles. The molecule has 3 aliphatic rings. The minimum atomic E-state index is -3.49. The van der Waals surface area contributed by atoms with Crippen molar-refractivity contribution in [2.75, 3.05) is 24.5 Å². The average molecular weight is 455 g/mol. The monoisotopic (exact) mass is 454 g/mol. The minimum absolute atomic E-state index is 0.0852. The molecule has 0 bridgehead atoms. The van der Waals surface area contributed by atoms with E-state index in [0.29, 0.717) is 43.3 Å². The first-order chi connectivity index (χ1) is 15.3. The fraction of sp³-hybridized carbons (Fsp3) is 0.417. The van der Waals surface area contributed by atoms with E-state index in [-0.39, 0.29) is 17.3 Å². The quantitative estimate of drug-likeness (QED) is 0.641. The van der Waals surface area contributed by atoms with Gasteiger partial charge in [-0.2, -0.15) is 4.31 Å². The van der Waals surface area contributed by atoms with Crippen LogP contribution in [0.3, 0.4) is 0 Å². The Labute approximate surface area is 188 Å². The highest BCUT2D eigenvalue weighted by atomic mass is 32.2. The van der Waals surface area contributed by atoms with E-state index < -0.39 is 16.1 Å². The van der Waals surface area contributed by atoms with Gasteiger partial charge in [-0.25, -0.2) is 13.2 Å². The van der Waals surface area contributed by atoms with E-state index in [1.165, 1.54) is 6.92 Å². The van der Waals surface area contributed by atoms with Crippen LogP contribution in [0.1, 0.15) is 31.7 Å². The first-order valence-electron chi connectivity index (χ1n) is 10.9. The Hall–Kier alpha value is -2.71. The SMILES string of the molecule is CC(=O)CC[C@H]1CN(c2ccc(C34CC3CN(S(=O)(=O)c3ccccc3)C4)cc2)C(=O)O1. The van der Waals surface area contributed by atoms with E-state index in [9.17, 15) is 18.0 Å². The summed E-state index contributed by atoms with van der Waals surface area (Å²) < 4.78 is 33.0. The number of carbonyl (C=O) groups is 2. The summed E-state index contributed by atoms with van der Waals surface area (Å²) in [5.74, 6) is 0.404. The maximum absolute atomic E-state index is 13.0. The lowest BCUT2D eigenvalue weighted by molar-refractivity contribution is -0.117. The van der Waals surface area contributed by atoms with Crippen LogP contribution in [0.25, 0.3) is 0 Å². The van der Waals surface area contributed by atoms with Gasteiger partial charge in [-0.3, -0.25) is 4.90 Å². The van der Waals surface area contributed by atoms with Crippen LogP contribution in [-0.4, -0.2) is 50.3 Å². The van der Waals surface area contributed by atoms with E-state index in [1.807, 2.05) is 30.3 Å². The zero-order valence-electron chi connectivity index (χ0n) is 17.9. The second-order valence-corrected chi connectivity index (χ2v) is 11.0. The number of carbonyl (C=O) groups excluding carboxylic acids is 2. The molecule has 2 aliphatic heterocycles. The summed E-state index contributed by atoms with van der Waals surface area (Å²) in [5, 5.41) is 0. The van der Waals surface area contributed by atoms with Crippen LogP contribution in [0.2, 0.25) is 0 Å². The second-order valence-electron chi connectivity index (χ2n) is 9.07. The highest BCUT2D eigenvalue weighted by molar-refractivity contribution is 7.89. The Kier molecular flexibility index (Phi) is 5.09. The Balaban J connectivity index is 1.28. The normalized spacial score (nSPS) is 27.3. The van der Waals surface area contributed by atoms with Crippen molar-refractivity contribution < 1.29 is 22.7 Å². The maximum atomic E-state index is 13.0. The number of nitrogens with zero attached hydrogens (tertiary/aromatic N) is 2. The molecule has 1 aliphatic carbocycles. The second kappa shape index (κ2) is 7.71. The molecular formula is C24H26N2O5S. The number of sulfonamides is 1. The largest absolute Gasteiger partial charge is 0.444 e. The van der Waals surface area contributed by atoms with Crippen molar-refractivity contribution in [3.05, 3.63) is 60.2 Å². The van der Waals surface area contributed by atoms with Crippen LogP contribution >= 0.6 is 0 Å². The lowest BCUT2D eigenvalue weighted by Gasteiger charge is -2.21. The Morgan fingerprint density at radius 3 is 2.50 bits per heavy atom. The van der Waals surface area contributed by atoms with Crippen molar-refractivity contribution in [3.8, 4) is 0 Å². The van der Waals surface area contributed by atoms with Gasteiger partial charge in [-0.05, 0) is 55.5 Å². The van der Waals surface area contributed by atoms with Gasteiger partial charge < -0.3 is 9.53 Å². The zero-order valence-corrected chi connectivity index (χ0v) is 18.8. The number of fused-ring (bicyclic) bond motifs is 1. The average Bonchev–Trinajstić information content (AvgIpc) is 3.15. The van der Waals surface area contributed by atoms with Gasteiger partial charge >= 0.3 is 6.09 Å². The predicted octanol–water partition coefficient (Wildman–Crippen LogP) is 3.34. The number of amides is 1. The fourth-order valence-electron chi connectivity index (χ4n) is 5.03. The lowest BCUT2D eigenvalue weighted by Crippen LogP contribution is -2.32. The van der Waals surface area contributed by atoms with E-state index >= 15 is 0 Å². The summed E-state index contributed by atoms with van der Waals surface area (Å²) in [7, 11) is -3.49. The van der Waals surface area contributed by atoms with Crippen molar-refractivity contribution in [3.63, 3.8) is 0 Å². The molecule has 32 heavy (non-hydrogen) atoms. The number of hydrogen-bond donors (Lipinski definition) is 0.